The molecule has 1 saturated carbocycles. The van der Waals surface area contributed by atoms with Crippen LogP contribution in [0.1, 0.15) is 47.8 Å². The van der Waals surface area contributed by atoms with Gasteiger partial charge >= 0.3 is 0 Å². The van der Waals surface area contributed by atoms with E-state index in [-0.39, 0.29) is 23.6 Å². The van der Waals surface area contributed by atoms with Gasteiger partial charge in [0.05, 0.1) is 23.0 Å². The van der Waals surface area contributed by atoms with Gasteiger partial charge in [-0.25, -0.2) is 0 Å². The number of aromatic nitrogens is 4. The fourth-order valence-electron chi connectivity index (χ4n) is 3.94. The Hall–Kier alpha value is -3.98. The Morgan fingerprint density at radius 1 is 1.00 bits per heavy atom. The second-order valence-corrected chi connectivity index (χ2v) is 9.57. The molecular formula is C27H26N6O2S. The summed E-state index contributed by atoms with van der Waals surface area (Å²) in [6.45, 7) is 1.93. The summed E-state index contributed by atoms with van der Waals surface area (Å²) in [5, 5.41) is 15.3. The standard InChI is InChI=1S/C27H26N6O2S/c1-18(19-7-3-2-4-8-19)29-26(35)22-9-5-6-10-23(22)30-24(34)17-36-27-32-31-25(33(27)21-11-12-21)20-13-15-28-16-14-20/h2-10,13-16,18,21H,11-12,17H2,1H3,(H,29,35)(H,30,34). The highest BCUT2D eigenvalue weighted by Gasteiger charge is 2.30. The maximum atomic E-state index is 13.0. The van der Waals surface area contributed by atoms with Crippen LogP contribution in [0, 0.1) is 0 Å². The van der Waals surface area contributed by atoms with Crippen LogP contribution in [0.15, 0.2) is 84.3 Å². The third-order valence-corrected chi connectivity index (χ3v) is 6.88. The van der Waals surface area contributed by atoms with Gasteiger partial charge in [0.15, 0.2) is 11.0 Å². The summed E-state index contributed by atoms with van der Waals surface area (Å²) >= 11 is 1.34. The average molecular weight is 499 g/mol. The number of hydrogen-bond acceptors (Lipinski definition) is 6. The van der Waals surface area contributed by atoms with E-state index in [1.165, 1.54) is 11.8 Å². The van der Waals surface area contributed by atoms with E-state index in [0.29, 0.717) is 22.4 Å². The molecule has 0 aliphatic heterocycles. The molecule has 2 amide bonds. The molecule has 2 aromatic carbocycles. The Bertz CT molecular complexity index is 1360. The monoisotopic (exact) mass is 498 g/mol. The van der Waals surface area contributed by atoms with Crippen LogP contribution < -0.4 is 10.6 Å². The molecule has 8 nitrogen and oxygen atoms in total. The highest BCUT2D eigenvalue weighted by molar-refractivity contribution is 7.99. The van der Waals surface area contributed by atoms with E-state index in [1.54, 1.807) is 36.7 Å². The van der Waals surface area contributed by atoms with Crippen molar-refractivity contribution in [3.8, 4) is 11.4 Å². The lowest BCUT2D eigenvalue weighted by atomic mass is 10.1. The van der Waals surface area contributed by atoms with Crippen molar-refractivity contribution in [3.05, 3.63) is 90.3 Å². The minimum atomic E-state index is -0.245. The molecule has 2 N–H and O–H groups in total. The molecule has 36 heavy (non-hydrogen) atoms. The predicted octanol–water partition coefficient (Wildman–Crippen LogP) is 4.90. The Labute approximate surface area is 213 Å². The zero-order valence-corrected chi connectivity index (χ0v) is 20.6. The zero-order chi connectivity index (χ0) is 24.9. The Kier molecular flexibility index (Phi) is 7.08. The molecule has 9 heteroatoms. The Morgan fingerprint density at radius 2 is 1.72 bits per heavy atom. The molecule has 0 saturated heterocycles. The van der Waals surface area contributed by atoms with Gasteiger partial charge in [-0.15, -0.1) is 10.2 Å². The van der Waals surface area contributed by atoms with Crippen LogP contribution in [0.25, 0.3) is 11.4 Å². The average Bonchev–Trinajstić information content (AvgIpc) is 3.67. The van der Waals surface area contributed by atoms with E-state index in [9.17, 15) is 9.59 Å². The van der Waals surface area contributed by atoms with Crippen molar-refractivity contribution >= 4 is 29.3 Å². The van der Waals surface area contributed by atoms with Crippen LogP contribution in [0.2, 0.25) is 0 Å². The predicted molar refractivity (Wildman–Crippen MR) is 140 cm³/mol. The molecule has 0 radical (unpaired) electrons. The Balaban J connectivity index is 1.25. The van der Waals surface area contributed by atoms with Gasteiger partial charge in [-0.1, -0.05) is 54.2 Å². The minimum Gasteiger partial charge on any atom is -0.345 e. The summed E-state index contributed by atoms with van der Waals surface area (Å²) in [4.78, 5) is 29.9. The first-order valence-corrected chi connectivity index (χ1v) is 12.8. The largest absolute Gasteiger partial charge is 0.345 e. The molecule has 182 valence electrons. The molecule has 0 spiro atoms. The number of carbonyl (C=O) groups is 2. The number of anilines is 1. The molecular weight excluding hydrogens is 472 g/mol. The van der Waals surface area contributed by atoms with Crippen molar-refractivity contribution in [3.63, 3.8) is 0 Å². The summed E-state index contributed by atoms with van der Waals surface area (Å²) in [5.41, 5.74) is 2.85. The number of thioether (sulfide) groups is 1. The second kappa shape index (κ2) is 10.7. The highest BCUT2D eigenvalue weighted by Crippen LogP contribution is 2.41. The molecule has 5 rings (SSSR count). The van der Waals surface area contributed by atoms with Gasteiger partial charge in [-0.3, -0.25) is 19.1 Å². The first-order chi connectivity index (χ1) is 17.6. The van der Waals surface area contributed by atoms with Gasteiger partial charge in [0.1, 0.15) is 0 Å². The first kappa shape index (κ1) is 23.7. The molecule has 1 atom stereocenters. The zero-order valence-electron chi connectivity index (χ0n) is 19.8. The summed E-state index contributed by atoms with van der Waals surface area (Å²) < 4.78 is 2.11. The quantitative estimate of drug-likeness (QED) is 0.319. The number of para-hydroxylation sites is 1. The van der Waals surface area contributed by atoms with Gasteiger partial charge < -0.3 is 10.6 Å². The second-order valence-electron chi connectivity index (χ2n) is 8.63. The molecule has 1 aliphatic rings. The SMILES string of the molecule is CC(NC(=O)c1ccccc1NC(=O)CSc1nnc(-c2ccncc2)n1C1CC1)c1ccccc1. The van der Waals surface area contributed by atoms with Crippen molar-refractivity contribution in [1.82, 2.24) is 25.1 Å². The maximum absolute atomic E-state index is 13.0. The summed E-state index contributed by atoms with van der Waals surface area (Å²) in [7, 11) is 0. The van der Waals surface area contributed by atoms with Gasteiger partial charge in [0.25, 0.3) is 5.91 Å². The van der Waals surface area contributed by atoms with Crippen LogP contribution in [-0.4, -0.2) is 37.3 Å². The first-order valence-electron chi connectivity index (χ1n) is 11.8. The number of benzene rings is 2. The van der Waals surface area contributed by atoms with Crippen LogP contribution in [-0.2, 0) is 4.79 Å². The molecule has 2 aromatic heterocycles. The number of rotatable bonds is 9. The van der Waals surface area contributed by atoms with Crippen molar-refractivity contribution < 1.29 is 9.59 Å². The van der Waals surface area contributed by atoms with Crippen LogP contribution in [0.5, 0.6) is 0 Å². The number of nitrogens with one attached hydrogen (secondary N) is 2. The fourth-order valence-corrected chi connectivity index (χ4v) is 4.75. The summed E-state index contributed by atoms with van der Waals surface area (Å²) in [6, 6.07) is 20.8. The summed E-state index contributed by atoms with van der Waals surface area (Å²) in [6.07, 6.45) is 5.60. The van der Waals surface area contributed by atoms with Crippen LogP contribution in [0.4, 0.5) is 5.69 Å². The Morgan fingerprint density at radius 3 is 2.47 bits per heavy atom. The van der Waals surface area contributed by atoms with Crippen molar-refractivity contribution in [1.29, 1.82) is 0 Å². The molecule has 1 aliphatic carbocycles. The number of carbonyl (C=O) groups excluding carboxylic acids is 2. The van der Waals surface area contributed by atoms with E-state index in [2.05, 4.69) is 30.4 Å². The van der Waals surface area contributed by atoms with Crippen molar-refractivity contribution in [2.45, 2.75) is 37.0 Å². The number of pyridine rings is 1. The third kappa shape index (κ3) is 5.46. The molecule has 1 unspecified atom stereocenters. The third-order valence-electron chi connectivity index (χ3n) is 5.94. The normalized spacial score (nSPS) is 13.7. The number of hydrogen-bond donors (Lipinski definition) is 2. The van der Waals surface area contributed by atoms with E-state index in [0.717, 1.165) is 29.8 Å². The van der Waals surface area contributed by atoms with Crippen LogP contribution >= 0.6 is 11.8 Å². The highest BCUT2D eigenvalue weighted by atomic mass is 32.2. The lowest BCUT2D eigenvalue weighted by molar-refractivity contribution is -0.113. The maximum Gasteiger partial charge on any atom is 0.253 e. The molecule has 4 aromatic rings. The van der Waals surface area contributed by atoms with E-state index >= 15 is 0 Å². The van der Waals surface area contributed by atoms with Gasteiger partial charge in [0, 0.05) is 24.0 Å². The minimum absolute atomic E-state index is 0.150. The smallest absolute Gasteiger partial charge is 0.253 e. The number of amides is 2. The topological polar surface area (TPSA) is 102 Å². The lowest BCUT2D eigenvalue weighted by Gasteiger charge is -2.16. The number of nitrogens with zero attached hydrogens (tertiary/aromatic N) is 4. The van der Waals surface area contributed by atoms with E-state index in [4.69, 9.17) is 0 Å². The van der Waals surface area contributed by atoms with Gasteiger partial charge in [-0.05, 0) is 49.6 Å². The molecule has 1 fully saturated rings. The van der Waals surface area contributed by atoms with Crippen molar-refractivity contribution in [2.75, 3.05) is 11.1 Å². The van der Waals surface area contributed by atoms with E-state index in [1.807, 2.05) is 49.4 Å². The van der Waals surface area contributed by atoms with Crippen molar-refractivity contribution in [2.24, 2.45) is 0 Å². The van der Waals surface area contributed by atoms with Gasteiger partial charge in [-0.2, -0.15) is 0 Å². The summed E-state index contributed by atoms with van der Waals surface area (Å²) in [5.74, 6) is 0.479. The fraction of sp³-hybridized carbons (Fsp3) is 0.222. The van der Waals surface area contributed by atoms with Gasteiger partial charge in [0.2, 0.25) is 5.91 Å². The molecule has 0 bridgehead atoms. The van der Waals surface area contributed by atoms with Crippen LogP contribution in [0.3, 0.4) is 0 Å². The molecule has 2 heterocycles. The van der Waals surface area contributed by atoms with E-state index < -0.39 is 0 Å². The lowest BCUT2D eigenvalue weighted by Crippen LogP contribution is -2.28.